The van der Waals surface area contributed by atoms with Crippen molar-refractivity contribution >= 4 is 11.9 Å². The maximum atomic E-state index is 13.1. The number of carbonyl (C=O) groups excluding carboxylic acids is 2. The van der Waals surface area contributed by atoms with Gasteiger partial charge in [0.15, 0.2) is 11.5 Å². The molecule has 2 unspecified atom stereocenters. The van der Waals surface area contributed by atoms with Gasteiger partial charge in [-0.05, 0) is 42.5 Å². The molecule has 0 saturated carbocycles. The molecule has 0 aliphatic carbocycles. The maximum Gasteiger partial charge on any atom is 0.317 e. The van der Waals surface area contributed by atoms with Crippen LogP contribution in [0, 0.1) is 5.92 Å². The van der Waals surface area contributed by atoms with Crippen molar-refractivity contribution in [3.05, 3.63) is 59.7 Å². The van der Waals surface area contributed by atoms with Crippen molar-refractivity contribution in [2.45, 2.75) is 38.5 Å². The molecule has 7 heteroatoms. The smallest absolute Gasteiger partial charge is 0.317 e. The predicted octanol–water partition coefficient (Wildman–Crippen LogP) is 3.98. The van der Waals surface area contributed by atoms with E-state index in [0.717, 1.165) is 24.8 Å². The monoisotopic (exact) mass is 467 g/mol. The van der Waals surface area contributed by atoms with E-state index < -0.39 is 0 Å². The number of urea groups is 1. The molecule has 0 bridgehead atoms. The summed E-state index contributed by atoms with van der Waals surface area (Å²) in [6, 6.07) is 15.8. The Hall–Kier alpha value is -3.22. The average Bonchev–Trinajstić information content (AvgIpc) is 2.88. The molecule has 2 aromatic rings. The highest BCUT2D eigenvalue weighted by Gasteiger charge is 2.34. The van der Waals surface area contributed by atoms with Crippen LogP contribution in [0.1, 0.15) is 43.2 Å². The number of nitrogens with zero attached hydrogens (tertiary/aromatic N) is 1. The number of nitrogens with one attached hydrogen (secondary N) is 2. The summed E-state index contributed by atoms with van der Waals surface area (Å²) in [5.41, 5.74) is 2.22. The molecule has 3 amide bonds. The van der Waals surface area contributed by atoms with Gasteiger partial charge in [-0.1, -0.05) is 49.7 Å². The molecular formula is C27H37N3O4. The van der Waals surface area contributed by atoms with Gasteiger partial charge in [0.25, 0.3) is 0 Å². The van der Waals surface area contributed by atoms with Crippen molar-refractivity contribution in [3.63, 3.8) is 0 Å². The van der Waals surface area contributed by atoms with Crippen LogP contribution in [0.15, 0.2) is 48.5 Å². The average molecular weight is 468 g/mol. The normalized spacial score (nSPS) is 17.7. The van der Waals surface area contributed by atoms with Crippen LogP contribution in [0.2, 0.25) is 0 Å². The fraction of sp³-hybridized carbons (Fsp3) is 0.481. The van der Waals surface area contributed by atoms with Crippen molar-refractivity contribution < 1.29 is 19.1 Å². The molecule has 1 heterocycles. The van der Waals surface area contributed by atoms with Crippen molar-refractivity contribution in [2.24, 2.45) is 5.92 Å². The van der Waals surface area contributed by atoms with Crippen LogP contribution in [0.4, 0.5) is 4.79 Å². The number of unbranched alkanes of at least 4 members (excludes halogenated alkanes) is 1. The van der Waals surface area contributed by atoms with E-state index in [1.807, 2.05) is 36.4 Å². The van der Waals surface area contributed by atoms with E-state index in [9.17, 15) is 9.59 Å². The molecule has 1 fully saturated rings. The molecule has 0 spiro atoms. The third kappa shape index (κ3) is 6.89. The number of methoxy groups -OCH3 is 2. The molecule has 1 saturated heterocycles. The topological polar surface area (TPSA) is 79.9 Å². The Balaban J connectivity index is 1.71. The Labute approximate surface area is 202 Å². The molecule has 34 heavy (non-hydrogen) atoms. The van der Waals surface area contributed by atoms with Crippen LogP contribution in [0.25, 0.3) is 0 Å². The van der Waals surface area contributed by atoms with Crippen molar-refractivity contribution in [1.29, 1.82) is 0 Å². The predicted molar refractivity (Wildman–Crippen MR) is 133 cm³/mol. The van der Waals surface area contributed by atoms with Crippen LogP contribution in [-0.4, -0.2) is 57.2 Å². The molecule has 7 nitrogen and oxygen atoms in total. The van der Waals surface area contributed by atoms with Gasteiger partial charge in [-0.15, -0.1) is 0 Å². The van der Waals surface area contributed by atoms with E-state index in [1.165, 1.54) is 5.56 Å². The van der Waals surface area contributed by atoms with Crippen LogP contribution in [-0.2, 0) is 11.2 Å². The van der Waals surface area contributed by atoms with Crippen LogP contribution in [0.5, 0.6) is 11.5 Å². The minimum Gasteiger partial charge on any atom is -0.493 e. The van der Waals surface area contributed by atoms with Gasteiger partial charge in [0.05, 0.1) is 20.1 Å². The minimum absolute atomic E-state index is 0.00698. The van der Waals surface area contributed by atoms with Crippen LogP contribution >= 0.6 is 0 Å². The van der Waals surface area contributed by atoms with Crippen LogP contribution in [0.3, 0.4) is 0 Å². The van der Waals surface area contributed by atoms with Crippen molar-refractivity contribution in [2.75, 3.05) is 40.4 Å². The molecule has 2 atom stereocenters. The van der Waals surface area contributed by atoms with E-state index in [0.29, 0.717) is 44.1 Å². The van der Waals surface area contributed by atoms with E-state index in [-0.39, 0.29) is 23.8 Å². The Kier molecular flexibility index (Phi) is 9.62. The summed E-state index contributed by atoms with van der Waals surface area (Å²) in [6.45, 7) is 4.28. The number of piperidine rings is 1. The van der Waals surface area contributed by atoms with Gasteiger partial charge in [-0.3, -0.25) is 4.79 Å². The van der Waals surface area contributed by atoms with E-state index in [4.69, 9.17) is 9.47 Å². The minimum atomic E-state index is -0.278. The van der Waals surface area contributed by atoms with Gasteiger partial charge in [-0.25, -0.2) is 4.79 Å². The summed E-state index contributed by atoms with van der Waals surface area (Å²) < 4.78 is 10.8. The highest BCUT2D eigenvalue weighted by atomic mass is 16.5. The summed E-state index contributed by atoms with van der Waals surface area (Å²) >= 11 is 0. The van der Waals surface area contributed by atoms with Crippen LogP contribution < -0.4 is 20.1 Å². The second kappa shape index (κ2) is 12.9. The Bertz CT molecular complexity index is 935. The molecule has 0 radical (unpaired) electrons. The number of rotatable bonds is 10. The highest BCUT2D eigenvalue weighted by molar-refractivity contribution is 5.81. The first-order valence-corrected chi connectivity index (χ1v) is 12.1. The summed E-state index contributed by atoms with van der Waals surface area (Å²) in [7, 11) is 3.22. The molecule has 184 valence electrons. The number of amides is 3. The lowest BCUT2D eigenvalue weighted by molar-refractivity contribution is -0.126. The van der Waals surface area contributed by atoms with E-state index >= 15 is 0 Å². The van der Waals surface area contributed by atoms with Gasteiger partial charge < -0.3 is 25.0 Å². The fourth-order valence-electron chi connectivity index (χ4n) is 4.41. The maximum absolute atomic E-state index is 13.1. The highest BCUT2D eigenvalue weighted by Crippen LogP contribution is 2.35. The first kappa shape index (κ1) is 25.4. The third-order valence-corrected chi connectivity index (χ3v) is 6.35. The quantitative estimate of drug-likeness (QED) is 0.518. The molecule has 2 N–H and O–H groups in total. The number of benzene rings is 2. The van der Waals surface area contributed by atoms with E-state index in [1.54, 1.807) is 19.1 Å². The number of hydrogen-bond acceptors (Lipinski definition) is 4. The molecule has 1 aliphatic heterocycles. The first-order chi connectivity index (χ1) is 16.5. The lowest BCUT2D eigenvalue weighted by atomic mass is 9.84. The SMILES string of the molecule is CCCCNC(=O)N1CC(C(=O)NCCc2ccccc2)CC(c2ccc(OC)c(OC)c2)C1. The zero-order chi connectivity index (χ0) is 24.3. The Morgan fingerprint density at radius 1 is 0.971 bits per heavy atom. The lowest BCUT2D eigenvalue weighted by Crippen LogP contribution is -2.51. The van der Waals surface area contributed by atoms with Crippen molar-refractivity contribution in [3.8, 4) is 11.5 Å². The number of hydrogen-bond donors (Lipinski definition) is 2. The molecule has 0 aromatic heterocycles. The van der Waals surface area contributed by atoms with Gasteiger partial charge in [0.2, 0.25) is 5.91 Å². The molecule has 2 aromatic carbocycles. The second-order valence-electron chi connectivity index (χ2n) is 8.76. The fourth-order valence-corrected chi connectivity index (χ4v) is 4.41. The van der Waals surface area contributed by atoms with Gasteiger partial charge in [0.1, 0.15) is 0 Å². The summed E-state index contributed by atoms with van der Waals surface area (Å²) in [5, 5.41) is 6.08. The number of carbonyl (C=O) groups is 2. The molecule has 3 rings (SSSR count). The zero-order valence-corrected chi connectivity index (χ0v) is 20.5. The van der Waals surface area contributed by atoms with Gasteiger partial charge in [-0.2, -0.15) is 0 Å². The molecular weight excluding hydrogens is 430 g/mol. The van der Waals surface area contributed by atoms with Gasteiger partial charge >= 0.3 is 6.03 Å². The Morgan fingerprint density at radius 3 is 2.44 bits per heavy atom. The Morgan fingerprint density at radius 2 is 1.74 bits per heavy atom. The number of ether oxygens (including phenoxy) is 2. The second-order valence-corrected chi connectivity index (χ2v) is 8.76. The lowest BCUT2D eigenvalue weighted by Gasteiger charge is -2.37. The third-order valence-electron chi connectivity index (χ3n) is 6.35. The zero-order valence-electron chi connectivity index (χ0n) is 20.5. The number of likely N-dealkylation sites (tertiary alicyclic amines) is 1. The first-order valence-electron chi connectivity index (χ1n) is 12.1. The largest absolute Gasteiger partial charge is 0.493 e. The van der Waals surface area contributed by atoms with Gasteiger partial charge in [0, 0.05) is 32.1 Å². The summed E-state index contributed by atoms with van der Waals surface area (Å²) in [5.74, 6) is 1.04. The molecule has 1 aliphatic rings. The van der Waals surface area contributed by atoms with Crippen molar-refractivity contribution in [1.82, 2.24) is 15.5 Å². The summed E-state index contributed by atoms with van der Waals surface area (Å²) in [6.07, 6.45) is 3.40. The van der Waals surface area contributed by atoms with E-state index in [2.05, 4.69) is 29.7 Å². The summed E-state index contributed by atoms with van der Waals surface area (Å²) in [4.78, 5) is 27.8. The standard InChI is InChI=1S/C27H37N3O4/c1-4-5-14-29-27(32)30-18-22(21-11-12-24(33-2)25(17-21)34-3)16-23(19-30)26(31)28-15-13-20-9-7-6-8-10-20/h6-12,17,22-23H,4-5,13-16,18-19H2,1-3H3,(H,28,31)(H,29,32).